The largest absolute Gasteiger partial charge is 0.442 e. The molecule has 2 aliphatic heterocycles. The number of carbonyl (C=O) groups is 3. The van der Waals surface area contributed by atoms with Gasteiger partial charge in [0.05, 0.1) is 34.3 Å². The lowest BCUT2D eigenvalue weighted by Crippen LogP contribution is -2.33. The number of ether oxygens (including phenoxy) is 1. The molecule has 0 bridgehead atoms. The van der Waals surface area contributed by atoms with Crippen LogP contribution in [0.15, 0.2) is 28.6 Å². The van der Waals surface area contributed by atoms with Crippen molar-refractivity contribution in [3.8, 4) is 0 Å². The van der Waals surface area contributed by atoms with Gasteiger partial charge in [0.25, 0.3) is 0 Å². The van der Waals surface area contributed by atoms with Crippen LogP contribution in [0.25, 0.3) is 5.57 Å². The van der Waals surface area contributed by atoms with Crippen LogP contribution in [-0.4, -0.2) is 59.5 Å². The Morgan fingerprint density at radius 2 is 2.13 bits per heavy atom. The Morgan fingerprint density at radius 1 is 1.35 bits per heavy atom. The molecule has 2 atom stereocenters. The molecule has 1 saturated heterocycles. The molecule has 1 fully saturated rings. The van der Waals surface area contributed by atoms with Gasteiger partial charge >= 0.3 is 12.1 Å². The van der Waals surface area contributed by atoms with E-state index < -0.39 is 33.8 Å². The van der Waals surface area contributed by atoms with Gasteiger partial charge in [0.15, 0.2) is 0 Å². The monoisotopic (exact) mass is 452 g/mol. The molecule has 2 N–H and O–H groups in total. The number of anilines is 1. The summed E-state index contributed by atoms with van der Waals surface area (Å²) in [5.41, 5.74) is 1.38. The Hall–Kier alpha value is -2.95. The van der Waals surface area contributed by atoms with Crippen molar-refractivity contribution < 1.29 is 27.7 Å². The topological polar surface area (TPSA) is 117 Å². The first-order valence-electron chi connectivity index (χ1n) is 9.92. The normalized spacial score (nSPS) is 23.1. The molecule has 4 amide bonds. The summed E-state index contributed by atoms with van der Waals surface area (Å²) in [6.45, 7) is 3.90. The van der Waals surface area contributed by atoms with E-state index >= 15 is 0 Å². The number of benzene rings is 1. The van der Waals surface area contributed by atoms with E-state index in [0.29, 0.717) is 29.8 Å². The molecule has 2 aliphatic rings. The molecule has 0 spiro atoms. The van der Waals surface area contributed by atoms with E-state index in [1.54, 1.807) is 25.1 Å². The number of carbonyl (C=O) groups excluding carboxylic acids is 3. The minimum absolute atomic E-state index is 0.0734. The minimum Gasteiger partial charge on any atom is -0.442 e. The van der Waals surface area contributed by atoms with E-state index in [0.717, 1.165) is 0 Å². The summed E-state index contributed by atoms with van der Waals surface area (Å²) < 4.78 is 36.5. The van der Waals surface area contributed by atoms with Gasteiger partial charge in [0, 0.05) is 24.8 Å². The third kappa shape index (κ3) is 5.60. The van der Waals surface area contributed by atoms with Gasteiger partial charge in [-0.1, -0.05) is 6.08 Å². The van der Waals surface area contributed by atoms with Crippen molar-refractivity contribution in [3.63, 3.8) is 0 Å². The maximum Gasteiger partial charge on any atom is 0.414 e. The summed E-state index contributed by atoms with van der Waals surface area (Å²) in [6, 6.07) is 3.84. The molecule has 0 radical (unpaired) electrons. The molecule has 3 rings (SSSR count). The quantitative estimate of drug-likeness (QED) is 0.711. The van der Waals surface area contributed by atoms with Gasteiger partial charge in [-0.2, -0.15) is 0 Å². The highest BCUT2D eigenvalue weighted by Crippen LogP contribution is 2.30. The number of rotatable bonds is 5. The number of nitrogens with zero attached hydrogens (tertiary/aromatic N) is 2. The Balaban J connectivity index is 1.72. The number of hydrogen-bond donors (Lipinski definition) is 2. The fourth-order valence-corrected chi connectivity index (χ4v) is 5.08. The maximum absolute atomic E-state index is 14.8. The van der Waals surface area contributed by atoms with Crippen molar-refractivity contribution in [3.05, 3.63) is 35.7 Å². The number of halogens is 1. The zero-order valence-corrected chi connectivity index (χ0v) is 18.2. The number of urea groups is 1. The fraction of sp³-hybridized carbons (Fsp3) is 0.450. The first kappa shape index (κ1) is 22.7. The average molecular weight is 453 g/mol. The van der Waals surface area contributed by atoms with Gasteiger partial charge in [0.2, 0.25) is 5.91 Å². The van der Waals surface area contributed by atoms with Crippen LogP contribution in [0.3, 0.4) is 0 Å². The molecular weight excluding hydrogens is 427 g/mol. The zero-order chi connectivity index (χ0) is 22.6. The van der Waals surface area contributed by atoms with E-state index in [4.69, 9.17) is 4.74 Å². The second-order valence-electron chi connectivity index (χ2n) is 7.27. The van der Waals surface area contributed by atoms with E-state index in [-0.39, 0.29) is 30.5 Å². The number of nitrogens with one attached hydrogen (secondary N) is 2. The van der Waals surface area contributed by atoms with Gasteiger partial charge in [0.1, 0.15) is 11.9 Å². The van der Waals surface area contributed by atoms with E-state index in [9.17, 15) is 23.0 Å². The summed E-state index contributed by atoms with van der Waals surface area (Å²) in [7, 11) is -2.70. The molecule has 0 aliphatic carbocycles. The predicted octanol–water partition coefficient (Wildman–Crippen LogP) is 2.27. The molecule has 2 heterocycles. The highest BCUT2D eigenvalue weighted by molar-refractivity contribution is 7.94. The molecule has 0 aromatic heterocycles. The second kappa shape index (κ2) is 9.46. The SMILES string of the molecule is CCNC(=O)N=S1(=O)CC=C(c2ccc(N3C[C@H](CNC(C)=O)OC3=O)cc2F)CC1. The molecular formula is C20H25FN4O5S. The zero-order valence-electron chi connectivity index (χ0n) is 17.4. The van der Waals surface area contributed by atoms with Crippen molar-refractivity contribution in [1.29, 1.82) is 0 Å². The minimum atomic E-state index is -2.70. The molecule has 1 aromatic carbocycles. The van der Waals surface area contributed by atoms with E-state index in [1.165, 1.54) is 17.9 Å². The lowest BCUT2D eigenvalue weighted by molar-refractivity contribution is -0.119. The summed E-state index contributed by atoms with van der Waals surface area (Å²) >= 11 is 0. The van der Waals surface area contributed by atoms with Gasteiger partial charge < -0.3 is 15.4 Å². The van der Waals surface area contributed by atoms with Crippen LogP contribution in [0.5, 0.6) is 0 Å². The molecule has 0 saturated carbocycles. The van der Waals surface area contributed by atoms with Crippen molar-refractivity contribution in [1.82, 2.24) is 10.6 Å². The third-order valence-corrected chi connectivity index (χ3v) is 6.95. The third-order valence-electron chi connectivity index (χ3n) is 4.92. The Kier molecular flexibility index (Phi) is 6.94. The van der Waals surface area contributed by atoms with Gasteiger partial charge in [-0.05, 0) is 37.1 Å². The lowest BCUT2D eigenvalue weighted by Gasteiger charge is -2.19. The van der Waals surface area contributed by atoms with Crippen LogP contribution >= 0.6 is 0 Å². The number of cyclic esters (lactones) is 1. The van der Waals surface area contributed by atoms with Crippen LogP contribution < -0.4 is 15.5 Å². The van der Waals surface area contributed by atoms with Crippen LogP contribution in [-0.2, 0) is 19.3 Å². The van der Waals surface area contributed by atoms with Crippen LogP contribution in [0, 0.1) is 5.82 Å². The summed E-state index contributed by atoms with van der Waals surface area (Å²) in [5, 5.41) is 5.08. The Labute approximate surface area is 180 Å². The van der Waals surface area contributed by atoms with Crippen molar-refractivity contribution in [2.75, 3.05) is 36.0 Å². The van der Waals surface area contributed by atoms with Crippen molar-refractivity contribution >= 4 is 39.0 Å². The number of allylic oxidation sites excluding steroid dienone is 1. The number of amides is 4. The van der Waals surface area contributed by atoms with Crippen LogP contribution in [0.1, 0.15) is 25.8 Å². The first-order valence-corrected chi connectivity index (χ1v) is 11.8. The molecule has 31 heavy (non-hydrogen) atoms. The van der Waals surface area contributed by atoms with Gasteiger partial charge in [-0.25, -0.2) is 18.2 Å². The first-order chi connectivity index (χ1) is 14.7. The molecule has 1 aromatic rings. The Bertz CT molecular complexity index is 1050. The van der Waals surface area contributed by atoms with Crippen molar-refractivity contribution in [2.24, 2.45) is 4.36 Å². The van der Waals surface area contributed by atoms with E-state index in [2.05, 4.69) is 15.0 Å². The van der Waals surface area contributed by atoms with Gasteiger partial charge in [-0.3, -0.25) is 9.69 Å². The highest BCUT2D eigenvalue weighted by Gasteiger charge is 2.33. The molecule has 9 nitrogen and oxygen atoms in total. The van der Waals surface area contributed by atoms with E-state index in [1.807, 2.05) is 0 Å². The number of hydrogen-bond acceptors (Lipinski definition) is 5. The lowest BCUT2D eigenvalue weighted by atomic mass is 10.0. The molecule has 11 heteroatoms. The molecule has 168 valence electrons. The van der Waals surface area contributed by atoms with Gasteiger partial charge in [-0.15, -0.1) is 4.36 Å². The summed E-state index contributed by atoms with van der Waals surface area (Å²) in [6.07, 6.45) is 0.857. The fourth-order valence-electron chi connectivity index (χ4n) is 3.38. The molecule has 1 unspecified atom stereocenters. The summed E-state index contributed by atoms with van der Waals surface area (Å²) in [5.74, 6) is -0.506. The standard InChI is InChI=1S/C20H25FN4O5S/c1-3-22-19(27)24-31(29)8-6-14(7-9-31)17-5-4-15(10-18(17)21)25-12-16(30-20(25)28)11-23-13(2)26/h4-6,10,16H,3,7-9,11-12H2,1-2H3,(H,22,27)(H,23,26)/t16-,31?/m0/s1. The predicted molar refractivity (Wildman–Crippen MR) is 115 cm³/mol. The smallest absolute Gasteiger partial charge is 0.414 e. The maximum atomic E-state index is 14.8. The average Bonchev–Trinajstić information content (AvgIpc) is 3.08. The van der Waals surface area contributed by atoms with Crippen LogP contribution in [0.2, 0.25) is 0 Å². The summed E-state index contributed by atoms with van der Waals surface area (Å²) in [4.78, 5) is 36.1. The Morgan fingerprint density at radius 3 is 2.74 bits per heavy atom. The second-order valence-corrected chi connectivity index (χ2v) is 9.74. The van der Waals surface area contributed by atoms with Crippen LogP contribution in [0.4, 0.5) is 19.7 Å². The highest BCUT2D eigenvalue weighted by atomic mass is 32.2. The van der Waals surface area contributed by atoms with Crippen molar-refractivity contribution in [2.45, 2.75) is 26.4 Å².